The van der Waals surface area contributed by atoms with E-state index in [1.807, 2.05) is 36.7 Å². The van der Waals surface area contributed by atoms with Gasteiger partial charge in [0.25, 0.3) is 0 Å². The zero-order chi connectivity index (χ0) is 12.6. The number of hydrogen-bond donors (Lipinski definition) is 1. The van der Waals surface area contributed by atoms with Gasteiger partial charge in [-0.05, 0) is 24.6 Å². The fourth-order valence-corrected chi connectivity index (χ4v) is 1.90. The molecule has 1 N–H and O–H groups in total. The molecule has 0 spiro atoms. The highest BCUT2D eigenvalue weighted by Gasteiger charge is 2.16. The maximum atomic E-state index is 10.8. The average molecular weight is 232 g/mol. The van der Waals surface area contributed by atoms with E-state index in [4.69, 9.17) is 5.11 Å². The van der Waals surface area contributed by atoms with Crippen molar-refractivity contribution in [2.24, 2.45) is 13.0 Å². The van der Waals surface area contributed by atoms with Gasteiger partial charge in [-0.25, -0.2) is 4.98 Å². The van der Waals surface area contributed by atoms with Gasteiger partial charge in [0.2, 0.25) is 0 Å². The molecule has 1 aromatic carbocycles. The Hall–Kier alpha value is -1.84. The summed E-state index contributed by atoms with van der Waals surface area (Å²) in [5.74, 6) is -0.375. The zero-order valence-corrected chi connectivity index (χ0v) is 10.3. The molecular weight excluding hydrogens is 216 g/mol. The number of aromatic nitrogens is 2. The fourth-order valence-electron chi connectivity index (χ4n) is 1.90. The minimum Gasteiger partial charge on any atom is -0.481 e. The summed E-state index contributed by atoms with van der Waals surface area (Å²) >= 11 is 0. The van der Waals surface area contributed by atoms with Crippen LogP contribution >= 0.6 is 0 Å². The fraction of sp³-hybridized carbons (Fsp3) is 0.385. The molecule has 0 radical (unpaired) electrons. The maximum absolute atomic E-state index is 10.8. The summed E-state index contributed by atoms with van der Waals surface area (Å²) in [5, 5.41) is 8.92. The molecule has 4 heteroatoms. The summed E-state index contributed by atoms with van der Waals surface area (Å²) < 4.78 is 1.97. The standard InChI is InChI=1S/C13H16N2O2/c1-8-4-5-11-10(6-8)14-12(15(11)3)7-9(2)13(16)17/h4-6,9H,7H2,1-3H3,(H,16,17). The maximum Gasteiger partial charge on any atom is 0.306 e. The monoisotopic (exact) mass is 232 g/mol. The normalized spacial score (nSPS) is 12.9. The average Bonchev–Trinajstić information content (AvgIpc) is 2.55. The molecule has 0 saturated carbocycles. The number of aliphatic carboxylic acids is 1. The minimum atomic E-state index is -0.784. The molecule has 2 rings (SSSR count). The van der Waals surface area contributed by atoms with E-state index >= 15 is 0 Å². The molecule has 4 nitrogen and oxygen atoms in total. The molecule has 2 aromatic rings. The number of carbonyl (C=O) groups is 1. The van der Waals surface area contributed by atoms with Crippen LogP contribution in [0.5, 0.6) is 0 Å². The minimum absolute atomic E-state index is 0.411. The molecule has 0 bridgehead atoms. The molecule has 1 heterocycles. The first-order valence-electron chi connectivity index (χ1n) is 5.64. The Morgan fingerprint density at radius 3 is 2.88 bits per heavy atom. The van der Waals surface area contributed by atoms with E-state index < -0.39 is 11.9 Å². The first-order chi connectivity index (χ1) is 7.99. The number of carboxylic acids is 1. The molecule has 1 unspecified atom stereocenters. The zero-order valence-electron chi connectivity index (χ0n) is 10.3. The van der Waals surface area contributed by atoms with Crippen molar-refractivity contribution in [2.45, 2.75) is 20.3 Å². The van der Waals surface area contributed by atoms with Gasteiger partial charge in [0.15, 0.2) is 0 Å². The summed E-state index contributed by atoms with van der Waals surface area (Å²) in [6.07, 6.45) is 0.458. The Labute approximate surface area is 99.9 Å². The van der Waals surface area contributed by atoms with Gasteiger partial charge in [0, 0.05) is 13.5 Å². The Morgan fingerprint density at radius 1 is 1.53 bits per heavy atom. The summed E-state index contributed by atoms with van der Waals surface area (Å²) in [7, 11) is 1.93. The Morgan fingerprint density at radius 2 is 2.24 bits per heavy atom. The quantitative estimate of drug-likeness (QED) is 0.882. The van der Waals surface area contributed by atoms with Crippen LogP contribution < -0.4 is 0 Å². The highest BCUT2D eigenvalue weighted by atomic mass is 16.4. The number of imidazole rings is 1. The molecule has 0 fully saturated rings. The smallest absolute Gasteiger partial charge is 0.306 e. The van der Waals surface area contributed by atoms with Crippen molar-refractivity contribution in [2.75, 3.05) is 0 Å². The molecule has 0 aliphatic carbocycles. The summed E-state index contributed by atoms with van der Waals surface area (Å²) in [4.78, 5) is 15.3. The van der Waals surface area contributed by atoms with Gasteiger partial charge in [-0.1, -0.05) is 13.0 Å². The highest BCUT2D eigenvalue weighted by Crippen LogP contribution is 2.18. The topological polar surface area (TPSA) is 55.1 Å². The molecule has 0 amide bonds. The largest absolute Gasteiger partial charge is 0.481 e. The van der Waals surface area contributed by atoms with Crippen LogP contribution in [0.2, 0.25) is 0 Å². The molecule has 1 aromatic heterocycles. The van der Waals surface area contributed by atoms with Crippen molar-refractivity contribution in [3.05, 3.63) is 29.6 Å². The second-order valence-corrected chi connectivity index (χ2v) is 4.52. The van der Waals surface area contributed by atoms with E-state index in [1.54, 1.807) is 6.92 Å². The van der Waals surface area contributed by atoms with Gasteiger partial charge >= 0.3 is 5.97 Å². The number of aryl methyl sites for hydroxylation is 2. The van der Waals surface area contributed by atoms with Gasteiger partial charge in [-0.3, -0.25) is 4.79 Å². The van der Waals surface area contributed by atoms with Crippen molar-refractivity contribution >= 4 is 17.0 Å². The van der Waals surface area contributed by atoms with Crippen LogP contribution in [0.4, 0.5) is 0 Å². The first kappa shape index (κ1) is 11.6. The Kier molecular flexibility index (Phi) is 2.88. The Bertz CT molecular complexity index is 572. The third kappa shape index (κ3) is 2.16. The second kappa shape index (κ2) is 4.20. The molecule has 90 valence electrons. The second-order valence-electron chi connectivity index (χ2n) is 4.52. The van der Waals surface area contributed by atoms with E-state index in [-0.39, 0.29) is 0 Å². The molecule has 17 heavy (non-hydrogen) atoms. The van der Waals surface area contributed by atoms with Crippen LogP contribution in [0.25, 0.3) is 11.0 Å². The summed E-state index contributed by atoms with van der Waals surface area (Å²) in [6, 6.07) is 6.07. The van der Waals surface area contributed by atoms with E-state index in [0.29, 0.717) is 6.42 Å². The van der Waals surface area contributed by atoms with Gasteiger partial charge < -0.3 is 9.67 Å². The molecule has 0 saturated heterocycles. The third-order valence-electron chi connectivity index (χ3n) is 3.04. The van der Waals surface area contributed by atoms with Gasteiger partial charge in [-0.2, -0.15) is 0 Å². The van der Waals surface area contributed by atoms with Crippen molar-refractivity contribution in [3.8, 4) is 0 Å². The summed E-state index contributed by atoms with van der Waals surface area (Å²) in [6.45, 7) is 3.72. The lowest BCUT2D eigenvalue weighted by Gasteiger charge is -2.05. The van der Waals surface area contributed by atoms with E-state index in [0.717, 1.165) is 22.4 Å². The van der Waals surface area contributed by atoms with E-state index in [1.165, 1.54) is 0 Å². The van der Waals surface area contributed by atoms with Crippen molar-refractivity contribution < 1.29 is 9.90 Å². The SMILES string of the molecule is Cc1ccc2c(c1)nc(CC(C)C(=O)O)n2C. The van der Waals surface area contributed by atoms with Gasteiger partial charge in [-0.15, -0.1) is 0 Å². The lowest BCUT2D eigenvalue weighted by atomic mass is 10.1. The number of hydrogen-bond acceptors (Lipinski definition) is 2. The number of rotatable bonds is 3. The van der Waals surface area contributed by atoms with Gasteiger partial charge in [0.1, 0.15) is 5.82 Å². The number of benzene rings is 1. The molecule has 0 aliphatic heterocycles. The Balaban J connectivity index is 2.42. The molecule has 0 aliphatic rings. The lowest BCUT2D eigenvalue weighted by Crippen LogP contribution is -2.14. The van der Waals surface area contributed by atoms with E-state index in [9.17, 15) is 4.79 Å². The van der Waals surface area contributed by atoms with Crippen LogP contribution in [0, 0.1) is 12.8 Å². The van der Waals surface area contributed by atoms with Crippen LogP contribution in [-0.2, 0) is 18.3 Å². The van der Waals surface area contributed by atoms with Crippen molar-refractivity contribution in [3.63, 3.8) is 0 Å². The molecular formula is C13H16N2O2. The first-order valence-corrected chi connectivity index (χ1v) is 5.64. The number of fused-ring (bicyclic) bond motifs is 1. The van der Waals surface area contributed by atoms with Crippen LogP contribution in [0.15, 0.2) is 18.2 Å². The third-order valence-corrected chi connectivity index (χ3v) is 3.04. The lowest BCUT2D eigenvalue weighted by molar-refractivity contribution is -0.141. The van der Waals surface area contributed by atoms with Crippen LogP contribution in [0.1, 0.15) is 18.3 Å². The van der Waals surface area contributed by atoms with Crippen LogP contribution in [-0.4, -0.2) is 20.6 Å². The van der Waals surface area contributed by atoms with Crippen molar-refractivity contribution in [1.29, 1.82) is 0 Å². The number of carboxylic acid groups (broad SMARTS) is 1. The van der Waals surface area contributed by atoms with Gasteiger partial charge in [0.05, 0.1) is 17.0 Å². The predicted octanol–water partition coefficient (Wildman–Crippen LogP) is 2.14. The van der Waals surface area contributed by atoms with Crippen LogP contribution in [0.3, 0.4) is 0 Å². The molecule has 1 atom stereocenters. The number of nitrogens with zero attached hydrogens (tertiary/aromatic N) is 2. The summed E-state index contributed by atoms with van der Waals surface area (Å²) in [5.41, 5.74) is 3.14. The highest BCUT2D eigenvalue weighted by molar-refractivity contribution is 5.77. The van der Waals surface area contributed by atoms with E-state index in [2.05, 4.69) is 4.98 Å². The van der Waals surface area contributed by atoms with Crippen molar-refractivity contribution in [1.82, 2.24) is 9.55 Å². The predicted molar refractivity (Wildman–Crippen MR) is 66.0 cm³/mol.